The van der Waals surface area contributed by atoms with E-state index >= 15 is 0 Å². The molecule has 1 aromatic carbocycles. The molecular weight excluding hydrogens is 446 g/mol. The number of nitrogens with zero attached hydrogens (tertiary/aromatic N) is 5. The Hall–Kier alpha value is -3.54. The van der Waals surface area contributed by atoms with Gasteiger partial charge in [0.25, 0.3) is 5.91 Å². The summed E-state index contributed by atoms with van der Waals surface area (Å²) in [6.07, 6.45) is -3.35. The van der Waals surface area contributed by atoms with Crippen molar-refractivity contribution in [2.45, 2.75) is 24.8 Å². The number of rotatable bonds is 3. The Bertz CT molecular complexity index is 1230. The molecule has 0 N–H and O–H groups in total. The van der Waals surface area contributed by atoms with E-state index < -0.39 is 41.1 Å². The summed E-state index contributed by atoms with van der Waals surface area (Å²) in [5.41, 5.74) is -1.62. The van der Waals surface area contributed by atoms with Crippen molar-refractivity contribution in [3.63, 3.8) is 0 Å². The lowest BCUT2D eigenvalue weighted by molar-refractivity contribution is -0.140. The van der Waals surface area contributed by atoms with Crippen molar-refractivity contribution in [1.82, 2.24) is 24.6 Å². The summed E-state index contributed by atoms with van der Waals surface area (Å²) >= 11 is 0. The average molecular weight is 463 g/mol. The largest absolute Gasteiger partial charge is 0.497 e. The number of fused-ring (bicyclic) bond motifs is 4. The van der Waals surface area contributed by atoms with Crippen molar-refractivity contribution in [3.8, 4) is 17.3 Å². The Balaban J connectivity index is 1.54. The van der Waals surface area contributed by atoms with E-state index in [9.17, 15) is 22.4 Å². The molecule has 2 atom stereocenters. The molecule has 8 nitrogen and oxygen atoms in total. The number of carbonyl (C=O) groups is 1. The molecule has 3 aromatic rings. The maximum atomic E-state index is 14.7. The van der Waals surface area contributed by atoms with E-state index in [1.165, 1.54) is 12.0 Å². The number of hydrogen-bond acceptors (Lipinski definition) is 6. The second-order valence-corrected chi connectivity index (χ2v) is 7.66. The Labute approximate surface area is 184 Å². The summed E-state index contributed by atoms with van der Waals surface area (Å²) in [5, 5.41) is 8.41. The number of ether oxygens (including phenoxy) is 2. The van der Waals surface area contributed by atoms with Gasteiger partial charge in [0.05, 0.1) is 37.5 Å². The van der Waals surface area contributed by atoms with Gasteiger partial charge in [-0.25, -0.2) is 4.39 Å². The first-order valence-corrected chi connectivity index (χ1v) is 9.99. The highest BCUT2D eigenvalue weighted by molar-refractivity contribution is 5.95. The number of carbonyl (C=O) groups excluding carboxylic acids is 1. The molecule has 2 aliphatic heterocycles. The van der Waals surface area contributed by atoms with E-state index in [-0.39, 0.29) is 19.8 Å². The van der Waals surface area contributed by atoms with Crippen LogP contribution in [-0.2, 0) is 17.5 Å². The van der Waals surface area contributed by atoms with Gasteiger partial charge in [0.15, 0.2) is 11.6 Å². The van der Waals surface area contributed by atoms with Crippen molar-refractivity contribution in [2.75, 3.05) is 20.3 Å². The first-order chi connectivity index (χ1) is 15.8. The van der Waals surface area contributed by atoms with Gasteiger partial charge in [0.1, 0.15) is 23.3 Å². The van der Waals surface area contributed by atoms with Crippen LogP contribution in [0.15, 0.2) is 36.5 Å². The summed E-state index contributed by atoms with van der Waals surface area (Å²) in [4.78, 5) is 18.9. The average Bonchev–Trinajstić information content (AvgIpc) is 3.21. The van der Waals surface area contributed by atoms with E-state index in [1.54, 1.807) is 22.9 Å². The third-order valence-electron chi connectivity index (χ3n) is 5.75. The van der Waals surface area contributed by atoms with Crippen molar-refractivity contribution in [1.29, 1.82) is 0 Å². The third kappa shape index (κ3) is 3.50. The zero-order valence-electron chi connectivity index (χ0n) is 17.2. The molecule has 1 amide bonds. The van der Waals surface area contributed by atoms with Crippen molar-refractivity contribution < 1.29 is 31.8 Å². The zero-order valence-corrected chi connectivity index (χ0v) is 17.2. The summed E-state index contributed by atoms with van der Waals surface area (Å²) in [6.45, 7) is 0.386. The first kappa shape index (κ1) is 21.3. The molecule has 1 fully saturated rings. The SMILES string of the molecule is COc1ccnc(-c2nnc3n2C[C@@H]2COC[C@H]3N2C(=O)c2cccc(C(F)(F)F)c2F)c1. The predicted octanol–water partition coefficient (Wildman–Crippen LogP) is 3.10. The summed E-state index contributed by atoms with van der Waals surface area (Å²) < 4.78 is 66.8. The van der Waals surface area contributed by atoms with Gasteiger partial charge in [-0.15, -0.1) is 10.2 Å². The summed E-state index contributed by atoms with van der Waals surface area (Å²) in [6, 6.07) is 4.75. The number of methoxy groups -OCH3 is 1. The van der Waals surface area contributed by atoms with Gasteiger partial charge < -0.3 is 18.9 Å². The van der Waals surface area contributed by atoms with Crippen molar-refractivity contribution in [3.05, 3.63) is 59.3 Å². The maximum Gasteiger partial charge on any atom is 0.419 e. The Morgan fingerprint density at radius 1 is 1.21 bits per heavy atom. The monoisotopic (exact) mass is 463 g/mol. The van der Waals surface area contributed by atoms with Gasteiger partial charge in [-0.05, 0) is 18.2 Å². The normalized spacial score (nSPS) is 19.8. The zero-order chi connectivity index (χ0) is 23.3. The maximum absolute atomic E-state index is 14.7. The minimum Gasteiger partial charge on any atom is -0.497 e. The Kier molecular flexibility index (Phi) is 5.04. The number of alkyl halides is 3. The van der Waals surface area contributed by atoms with Crippen LogP contribution in [0.25, 0.3) is 11.5 Å². The number of morpholine rings is 1. The van der Waals surface area contributed by atoms with Gasteiger partial charge in [0.2, 0.25) is 0 Å². The highest BCUT2D eigenvalue weighted by Gasteiger charge is 2.45. The minimum atomic E-state index is -4.92. The molecule has 0 unspecified atom stereocenters. The van der Waals surface area contributed by atoms with Gasteiger partial charge in [-0.2, -0.15) is 13.2 Å². The number of benzene rings is 1. The molecule has 2 bridgehead atoms. The molecule has 12 heteroatoms. The van der Waals surface area contributed by atoms with E-state index in [2.05, 4.69) is 15.2 Å². The second kappa shape index (κ2) is 7.80. The van der Waals surface area contributed by atoms with E-state index in [0.29, 0.717) is 29.2 Å². The van der Waals surface area contributed by atoms with Crippen LogP contribution in [0, 0.1) is 5.82 Å². The standard InChI is InChI=1S/C21H17F4N5O3/c1-32-12-5-6-26-15(7-12)18-27-28-19-16-10-33-9-11(8-29(18)19)30(16)20(31)13-3-2-4-14(17(13)22)21(23,24)25/h2-7,11,16H,8-10H2,1H3/t11-,16-/m1/s1. The van der Waals surface area contributed by atoms with Gasteiger partial charge >= 0.3 is 6.18 Å². The smallest absolute Gasteiger partial charge is 0.419 e. The van der Waals surface area contributed by atoms with Crippen molar-refractivity contribution >= 4 is 5.91 Å². The van der Waals surface area contributed by atoms with E-state index in [0.717, 1.165) is 12.1 Å². The molecule has 0 saturated carbocycles. The van der Waals surface area contributed by atoms with E-state index in [4.69, 9.17) is 9.47 Å². The number of halogens is 4. The fourth-order valence-electron chi connectivity index (χ4n) is 4.24. The Morgan fingerprint density at radius 2 is 2.03 bits per heavy atom. The number of hydrogen-bond donors (Lipinski definition) is 0. The molecule has 33 heavy (non-hydrogen) atoms. The molecule has 4 heterocycles. The molecule has 5 rings (SSSR count). The Morgan fingerprint density at radius 3 is 2.79 bits per heavy atom. The summed E-state index contributed by atoms with van der Waals surface area (Å²) in [5.74, 6) is -1.03. The molecule has 0 spiro atoms. The molecule has 1 saturated heterocycles. The van der Waals surface area contributed by atoms with Gasteiger partial charge in [0, 0.05) is 18.8 Å². The molecule has 2 aliphatic rings. The number of aromatic nitrogens is 4. The van der Waals surface area contributed by atoms with Crippen molar-refractivity contribution in [2.24, 2.45) is 0 Å². The number of pyridine rings is 1. The van der Waals surface area contributed by atoms with Crippen LogP contribution >= 0.6 is 0 Å². The molecule has 172 valence electrons. The molecular formula is C21H17F4N5O3. The van der Waals surface area contributed by atoms with E-state index in [1.807, 2.05) is 0 Å². The van der Waals surface area contributed by atoms with Gasteiger partial charge in [-0.3, -0.25) is 9.78 Å². The summed E-state index contributed by atoms with van der Waals surface area (Å²) in [7, 11) is 1.52. The van der Waals surface area contributed by atoms with Crippen LogP contribution in [0.2, 0.25) is 0 Å². The lowest BCUT2D eigenvalue weighted by atomic mass is 10.0. The lowest BCUT2D eigenvalue weighted by Crippen LogP contribution is -2.56. The van der Waals surface area contributed by atoms with Crippen LogP contribution in [-0.4, -0.2) is 56.9 Å². The van der Waals surface area contributed by atoms with Crippen LogP contribution in [0.5, 0.6) is 5.75 Å². The first-order valence-electron chi connectivity index (χ1n) is 9.99. The second-order valence-electron chi connectivity index (χ2n) is 7.66. The third-order valence-corrected chi connectivity index (χ3v) is 5.75. The fraction of sp³-hybridized carbons (Fsp3) is 0.333. The topological polar surface area (TPSA) is 82.4 Å². The van der Waals surface area contributed by atoms with Gasteiger partial charge in [-0.1, -0.05) is 6.07 Å². The quantitative estimate of drug-likeness (QED) is 0.556. The molecule has 2 aromatic heterocycles. The fourth-order valence-corrected chi connectivity index (χ4v) is 4.24. The molecule has 0 aliphatic carbocycles. The van der Waals surface area contributed by atoms with Crippen LogP contribution in [0.1, 0.15) is 27.8 Å². The lowest BCUT2D eigenvalue weighted by Gasteiger charge is -2.45. The highest BCUT2D eigenvalue weighted by atomic mass is 19.4. The van der Waals surface area contributed by atoms with Crippen LogP contribution in [0.4, 0.5) is 17.6 Å². The predicted molar refractivity (Wildman–Crippen MR) is 105 cm³/mol. The highest BCUT2D eigenvalue weighted by Crippen LogP contribution is 2.38. The molecule has 0 radical (unpaired) electrons. The van der Waals surface area contributed by atoms with Crippen LogP contribution in [0.3, 0.4) is 0 Å². The number of amides is 1. The van der Waals surface area contributed by atoms with Crippen LogP contribution < -0.4 is 4.74 Å². The minimum absolute atomic E-state index is 0.0481.